The molecule has 1 aromatic carbocycles. The minimum atomic E-state index is -0.277. The summed E-state index contributed by atoms with van der Waals surface area (Å²) in [5.74, 6) is 0.316. The van der Waals surface area contributed by atoms with Crippen LogP contribution in [0.4, 0.5) is 10.1 Å². The molecule has 1 saturated carbocycles. The van der Waals surface area contributed by atoms with Crippen molar-refractivity contribution in [2.75, 3.05) is 37.6 Å². The number of aliphatic imine (C=N–C) groups is 1. The van der Waals surface area contributed by atoms with Gasteiger partial charge in [0.2, 0.25) is 0 Å². The second-order valence-electron chi connectivity index (χ2n) is 6.37. The van der Waals surface area contributed by atoms with E-state index in [-0.39, 0.29) is 11.2 Å². The van der Waals surface area contributed by atoms with Gasteiger partial charge < -0.3 is 15.5 Å². The molecule has 2 aliphatic rings. The molecular formula is C17H22FN5. The van der Waals surface area contributed by atoms with E-state index in [1.807, 2.05) is 0 Å². The van der Waals surface area contributed by atoms with E-state index in [4.69, 9.17) is 5.73 Å². The van der Waals surface area contributed by atoms with Gasteiger partial charge in [-0.3, -0.25) is 4.99 Å². The smallest absolute Gasteiger partial charge is 0.191 e. The molecule has 5 nitrogen and oxygen atoms in total. The van der Waals surface area contributed by atoms with Gasteiger partial charge in [-0.2, -0.15) is 5.26 Å². The minimum Gasteiger partial charge on any atom is -0.370 e. The molecule has 122 valence electrons. The lowest BCUT2D eigenvalue weighted by Crippen LogP contribution is -2.51. The van der Waals surface area contributed by atoms with Crippen LogP contribution in [0.5, 0.6) is 0 Å². The van der Waals surface area contributed by atoms with Gasteiger partial charge in [0.15, 0.2) is 5.96 Å². The molecule has 0 aromatic heterocycles. The van der Waals surface area contributed by atoms with Crippen LogP contribution in [0, 0.1) is 22.6 Å². The first kappa shape index (κ1) is 15.6. The average Bonchev–Trinajstić information content (AvgIpc) is 2.55. The lowest BCUT2D eigenvalue weighted by Gasteiger charge is -2.37. The Morgan fingerprint density at radius 2 is 1.87 bits per heavy atom. The topological polar surface area (TPSA) is 68.6 Å². The Morgan fingerprint density at radius 3 is 2.39 bits per heavy atom. The van der Waals surface area contributed by atoms with Gasteiger partial charge in [-0.1, -0.05) is 6.42 Å². The van der Waals surface area contributed by atoms with Gasteiger partial charge >= 0.3 is 0 Å². The number of piperazine rings is 1. The zero-order chi connectivity index (χ0) is 16.3. The molecule has 1 saturated heterocycles. The Hall–Kier alpha value is -2.29. The number of halogens is 1. The fourth-order valence-electron chi connectivity index (χ4n) is 3.09. The third kappa shape index (κ3) is 3.39. The minimum absolute atomic E-state index is 0.216. The first-order valence-electron chi connectivity index (χ1n) is 8.09. The molecule has 1 heterocycles. The summed E-state index contributed by atoms with van der Waals surface area (Å²) in [5.41, 5.74) is 6.84. The van der Waals surface area contributed by atoms with Crippen LogP contribution in [0.15, 0.2) is 29.3 Å². The number of nitrogens with two attached hydrogens (primary N) is 1. The number of benzene rings is 1. The molecule has 0 radical (unpaired) electrons. The second kappa shape index (κ2) is 6.45. The molecular weight excluding hydrogens is 293 g/mol. The van der Waals surface area contributed by atoms with Crippen LogP contribution in [0.1, 0.15) is 19.3 Å². The Kier molecular flexibility index (Phi) is 4.37. The van der Waals surface area contributed by atoms with E-state index < -0.39 is 0 Å². The van der Waals surface area contributed by atoms with Crippen molar-refractivity contribution in [3.8, 4) is 6.07 Å². The van der Waals surface area contributed by atoms with Crippen molar-refractivity contribution in [1.82, 2.24) is 4.90 Å². The van der Waals surface area contributed by atoms with E-state index in [9.17, 15) is 9.65 Å². The number of hydrogen-bond donors (Lipinski definition) is 1. The number of hydrogen-bond acceptors (Lipinski definition) is 3. The highest BCUT2D eigenvalue weighted by atomic mass is 19.1. The van der Waals surface area contributed by atoms with Gasteiger partial charge in [-0.15, -0.1) is 0 Å². The molecule has 0 amide bonds. The lowest BCUT2D eigenvalue weighted by molar-refractivity contribution is 0.225. The van der Waals surface area contributed by atoms with Crippen molar-refractivity contribution >= 4 is 11.6 Å². The van der Waals surface area contributed by atoms with Crippen molar-refractivity contribution in [3.05, 3.63) is 30.1 Å². The molecule has 2 N–H and O–H groups in total. The Balaban J connectivity index is 1.54. The van der Waals surface area contributed by atoms with Crippen LogP contribution in [0.25, 0.3) is 0 Å². The summed E-state index contributed by atoms with van der Waals surface area (Å²) in [6.45, 7) is 3.72. The van der Waals surface area contributed by atoms with Crippen LogP contribution in [0.2, 0.25) is 0 Å². The number of guanidine groups is 1. The van der Waals surface area contributed by atoms with Gasteiger partial charge in [0, 0.05) is 31.9 Å². The maximum absolute atomic E-state index is 13.0. The summed E-state index contributed by atoms with van der Waals surface area (Å²) in [6.07, 6.45) is 2.97. The molecule has 0 spiro atoms. The molecule has 0 unspecified atom stereocenters. The number of anilines is 1. The first-order valence-corrected chi connectivity index (χ1v) is 8.09. The van der Waals surface area contributed by atoms with Gasteiger partial charge in [0.25, 0.3) is 0 Å². The van der Waals surface area contributed by atoms with Crippen molar-refractivity contribution in [2.45, 2.75) is 19.3 Å². The molecule has 6 heteroatoms. The summed E-state index contributed by atoms with van der Waals surface area (Å²) in [6, 6.07) is 8.96. The molecule has 0 bridgehead atoms. The number of rotatable bonds is 3. The Bertz CT molecular complexity index is 607. The third-order valence-electron chi connectivity index (χ3n) is 4.89. The maximum atomic E-state index is 13.0. The van der Waals surface area contributed by atoms with E-state index in [1.165, 1.54) is 12.1 Å². The fraction of sp³-hybridized carbons (Fsp3) is 0.529. The summed E-state index contributed by atoms with van der Waals surface area (Å²) in [5, 5.41) is 9.23. The van der Waals surface area contributed by atoms with E-state index in [0.717, 1.165) is 51.1 Å². The van der Waals surface area contributed by atoms with Gasteiger partial charge in [0.1, 0.15) is 5.82 Å². The highest BCUT2D eigenvalue weighted by molar-refractivity contribution is 5.78. The van der Waals surface area contributed by atoms with Crippen LogP contribution < -0.4 is 10.6 Å². The summed E-state index contributed by atoms with van der Waals surface area (Å²) >= 11 is 0. The summed E-state index contributed by atoms with van der Waals surface area (Å²) in [7, 11) is 0. The Labute approximate surface area is 136 Å². The van der Waals surface area contributed by atoms with Crippen LogP contribution >= 0.6 is 0 Å². The largest absolute Gasteiger partial charge is 0.370 e. The first-order chi connectivity index (χ1) is 11.1. The molecule has 0 atom stereocenters. The molecule has 3 rings (SSSR count). The van der Waals surface area contributed by atoms with Gasteiger partial charge in [0.05, 0.1) is 18.0 Å². The fourth-order valence-corrected chi connectivity index (χ4v) is 3.09. The average molecular weight is 315 g/mol. The lowest BCUT2D eigenvalue weighted by atomic mass is 9.70. The summed E-state index contributed by atoms with van der Waals surface area (Å²) < 4.78 is 13.0. The maximum Gasteiger partial charge on any atom is 0.191 e. The van der Waals surface area contributed by atoms with Crippen molar-refractivity contribution in [1.29, 1.82) is 5.26 Å². The van der Waals surface area contributed by atoms with Gasteiger partial charge in [-0.25, -0.2) is 4.39 Å². The van der Waals surface area contributed by atoms with E-state index in [0.29, 0.717) is 12.5 Å². The zero-order valence-electron chi connectivity index (χ0n) is 13.2. The predicted molar refractivity (Wildman–Crippen MR) is 88.6 cm³/mol. The van der Waals surface area contributed by atoms with E-state index >= 15 is 0 Å². The normalized spacial score (nSPS) is 20.8. The number of nitrogens with zero attached hydrogens (tertiary/aromatic N) is 4. The second-order valence-corrected chi connectivity index (χ2v) is 6.37. The van der Waals surface area contributed by atoms with Crippen molar-refractivity contribution < 1.29 is 4.39 Å². The highest BCUT2D eigenvalue weighted by Crippen LogP contribution is 2.40. The summed E-state index contributed by atoms with van der Waals surface area (Å²) in [4.78, 5) is 8.73. The predicted octanol–water partition coefficient (Wildman–Crippen LogP) is 1.96. The third-order valence-corrected chi connectivity index (χ3v) is 4.89. The molecule has 23 heavy (non-hydrogen) atoms. The standard InChI is InChI=1S/C17H22FN5/c18-14-2-4-15(5-3-14)22-8-10-23(11-9-22)16(20)21-13-17(12-19)6-1-7-17/h2-5H,1,6-11,13H2,(H2,20,21). The SMILES string of the molecule is N#CC1(CN=C(N)N2CCN(c3ccc(F)cc3)CC2)CCC1. The monoisotopic (exact) mass is 315 g/mol. The zero-order valence-corrected chi connectivity index (χ0v) is 13.2. The molecule has 1 aliphatic heterocycles. The van der Waals surface area contributed by atoms with Gasteiger partial charge in [-0.05, 0) is 37.1 Å². The molecule has 2 fully saturated rings. The molecule has 1 aromatic rings. The van der Waals surface area contributed by atoms with Crippen LogP contribution in [-0.2, 0) is 0 Å². The van der Waals surface area contributed by atoms with E-state index in [1.54, 1.807) is 12.1 Å². The van der Waals surface area contributed by atoms with Crippen molar-refractivity contribution in [2.24, 2.45) is 16.1 Å². The number of nitriles is 1. The van der Waals surface area contributed by atoms with Crippen LogP contribution in [-0.4, -0.2) is 43.6 Å². The Morgan fingerprint density at radius 1 is 1.22 bits per heavy atom. The highest BCUT2D eigenvalue weighted by Gasteiger charge is 2.37. The van der Waals surface area contributed by atoms with E-state index in [2.05, 4.69) is 20.9 Å². The van der Waals surface area contributed by atoms with Crippen LogP contribution in [0.3, 0.4) is 0 Å². The quantitative estimate of drug-likeness (QED) is 0.684. The van der Waals surface area contributed by atoms with Crippen molar-refractivity contribution in [3.63, 3.8) is 0 Å². The molecule has 1 aliphatic carbocycles.